The molecule has 4 aliphatic rings. The number of likely N-dealkylation sites (N-methyl/N-ethyl adjacent to an activating group) is 1. The van der Waals surface area contributed by atoms with Crippen molar-refractivity contribution in [3.05, 3.63) is 23.8 Å². The average Bonchev–Trinajstić information content (AvgIpc) is 3.40. The summed E-state index contributed by atoms with van der Waals surface area (Å²) in [7, 11) is 1.80. The average molecular weight is 498 g/mol. The van der Waals surface area contributed by atoms with Gasteiger partial charge < -0.3 is 25.0 Å². The maximum atomic E-state index is 13.5. The maximum absolute atomic E-state index is 13.5. The van der Waals surface area contributed by atoms with Crippen molar-refractivity contribution in [2.75, 3.05) is 19.0 Å². The fourth-order valence-corrected chi connectivity index (χ4v) is 6.28. The van der Waals surface area contributed by atoms with Gasteiger partial charge in [0.1, 0.15) is 18.5 Å². The lowest BCUT2D eigenvalue weighted by Crippen LogP contribution is -2.54. The highest BCUT2D eigenvalue weighted by molar-refractivity contribution is 6.00. The van der Waals surface area contributed by atoms with Gasteiger partial charge in [-0.1, -0.05) is 32.1 Å². The van der Waals surface area contributed by atoms with Crippen molar-refractivity contribution in [1.82, 2.24) is 10.2 Å². The van der Waals surface area contributed by atoms with Crippen molar-refractivity contribution in [3.8, 4) is 5.75 Å². The summed E-state index contributed by atoms with van der Waals surface area (Å²) in [4.78, 5) is 40.4. The first-order valence-electron chi connectivity index (χ1n) is 13.8. The number of ether oxygens (including phenoxy) is 2. The van der Waals surface area contributed by atoms with Crippen molar-refractivity contribution < 1.29 is 23.9 Å². The summed E-state index contributed by atoms with van der Waals surface area (Å²) >= 11 is 0. The zero-order valence-electron chi connectivity index (χ0n) is 21.3. The Balaban J connectivity index is 1.22. The highest BCUT2D eigenvalue weighted by atomic mass is 16.5. The molecule has 0 radical (unpaired) electrons. The van der Waals surface area contributed by atoms with Crippen molar-refractivity contribution in [2.24, 2.45) is 5.92 Å². The van der Waals surface area contributed by atoms with Gasteiger partial charge in [0.15, 0.2) is 0 Å². The van der Waals surface area contributed by atoms with Crippen LogP contribution in [0.2, 0.25) is 0 Å². The summed E-state index contributed by atoms with van der Waals surface area (Å²) in [6.07, 6.45) is 11.1. The van der Waals surface area contributed by atoms with Crippen LogP contribution in [-0.4, -0.2) is 60.6 Å². The predicted octanol–water partition coefficient (Wildman–Crippen LogP) is 4.03. The maximum Gasteiger partial charge on any atom is 0.257 e. The lowest BCUT2D eigenvalue weighted by atomic mass is 9.88. The molecule has 2 aliphatic heterocycles. The van der Waals surface area contributed by atoms with Crippen LogP contribution in [0.1, 0.15) is 87.4 Å². The summed E-state index contributed by atoms with van der Waals surface area (Å²) in [5.41, 5.74) is 1.08. The first-order valence-corrected chi connectivity index (χ1v) is 13.8. The van der Waals surface area contributed by atoms with Crippen molar-refractivity contribution in [1.29, 1.82) is 0 Å². The number of hydrogen-bond acceptors (Lipinski definition) is 5. The van der Waals surface area contributed by atoms with E-state index >= 15 is 0 Å². The molecule has 2 N–H and O–H groups in total. The van der Waals surface area contributed by atoms with Gasteiger partial charge in [0.25, 0.3) is 5.91 Å². The summed E-state index contributed by atoms with van der Waals surface area (Å²) in [6.45, 7) is 0.309. The van der Waals surface area contributed by atoms with Gasteiger partial charge in [0.2, 0.25) is 11.8 Å². The Morgan fingerprint density at radius 2 is 1.75 bits per heavy atom. The second-order valence-corrected chi connectivity index (χ2v) is 11.0. The van der Waals surface area contributed by atoms with E-state index in [9.17, 15) is 14.4 Å². The fraction of sp³-hybridized carbons (Fsp3) is 0.679. The van der Waals surface area contributed by atoms with E-state index in [1.807, 2.05) is 0 Å². The van der Waals surface area contributed by atoms with E-state index in [2.05, 4.69) is 10.6 Å². The predicted molar refractivity (Wildman–Crippen MR) is 136 cm³/mol. The largest absolute Gasteiger partial charge is 0.490 e. The minimum absolute atomic E-state index is 0.0333. The zero-order valence-corrected chi connectivity index (χ0v) is 21.3. The number of rotatable bonds is 5. The molecule has 5 rings (SSSR count). The first-order chi connectivity index (χ1) is 17.5. The Kier molecular flexibility index (Phi) is 7.79. The highest BCUT2D eigenvalue weighted by Crippen LogP contribution is 2.33. The minimum atomic E-state index is -0.296. The second kappa shape index (κ2) is 11.2. The molecule has 8 heteroatoms. The van der Waals surface area contributed by atoms with Crippen LogP contribution in [0.4, 0.5) is 5.69 Å². The third-order valence-electron chi connectivity index (χ3n) is 8.39. The molecule has 0 unspecified atom stereocenters. The third kappa shape index (κ3) is 5.69. The van der Waals surface area contributed by atoms with Gasteiger partial charge >= 0.3 is 0 Å². The van der Waals surface area contributed by atoms with Gasteiger partial charge in [-0.25, -0.2) is 0 Å². The van der Waals surface area contributed by atoms with Gasteiger partial charge in [0.05, 0.1) is 24.1 Å². The SMILES string of the molecule is CN1C(=O)c2cc(NC(=O)C3CCCCC3)ccc2OC[C@@H]2O[C@H](CC(=O)NC3CCCC3)CC[C@H]21. The number of benzene rings is 1. The van der Waals surface area contributed by atoms with E-state index < -0.39 is 0 Å². The van der Waals surface area contributed by atoms with Crippen LogP contribution < -0.4 is 15.4 Å². The first kappa shape index (κ1) is 25.1. The monoisotopic (exact) mass is 497 g/mol. The molecule has 3 amide bonds. The quantitative estimate of drug-likeness (QED) is 0.640. The molecule has 1 aromatic rings. The van der Waals surface area contributed by atoms with Crippen LogP contribution in [0.15, 0.2) is 18.2 Å². The molecular weight excluding hydrogens is 458 g/mol. The van der Waals surface area contributed by atoms with E-state index in [0.717, 1.165) is 51.4 Å². The number of nitrogens with zero attached hydrogens (tertiary/aromatic N) is 1. The number of fused-ring (bicyclic) bond motifs is 2. The summed E-state index contributed by atoms with van der Waals surface area (Å²) < 4.78 is 12.4. The van der Waals surface area contributed by atoms with Crippen molar-refractivity contribution >= 4 is 23.4 Å². The Hall–Kier alpha value is -2.61. The molecule has 2 aliphatic carbocycles. The Bertz CT molecular complexity index is 970. The number of amides is 3. The lowest BCUT2D eigenvalue weighted by molar-refractivity contribution is -0.134. The topological polar surface area (TPSA) is 97.0 Å². The highest BCUT2D eigenvalue weighted by Gasteiger charge is 2.39. The molecule has 2 heterocycles. The van der Waals surface area contributed by atoms with Crippen LogP contribution in [-0.2, 0) is 14.3 Å². The molecule has 3 fully saturated rings. The van der Waals surface area contributed by atoms with E-state index in [1.165, 1.54) is 19.3 Å². The lowest BCUT2D eigenvalue weighted by Gasteiger charge is -2.42. The molecule has 1 aromatic carbocycles. The Morgan fingerprint density at radius 3 is 2.53 bits per heavy atom. The fourth-order valence-electron chi connectivity index (χ4n) is 6.28. The summed E-state index contributed by atoms with van der Waals surface area (Å²) in [5.74, 6) is 0.476. The van der Waals surface area contributed by atoms with Gasteiger partial charge in [0, 0.05) is 24.7 Å². The van der Waals surface area contributed by atoms with E-state index in [4.69, 9.17) is 9.47 Å². The number of anilines is 1. The van der Waals surface area contributed by atoms with Crippen LogP contribution in [0.5, 0.6) is 5.75 Å². The molecule has 0 spiro atoms. The molecule has 36 heavy (non-hydrogen) atoms. The summed E-state index contributed by atoms with van der Waals surface area (Å²) in [5, 5.41) is 6.16. The zero-order chi connectivity index (χ0) is 25.1. The van der Waals surface area contributed by atoms with Gasteiger partial charge in [-0.2, -0.15) is 0 Å². The van der Waals surface area contributed by atoms with Crippen molar-refractivity contribution in [3.63, 3.8) is 0 Å². The van der Waals surface area contributed by atoms with Crippen LogP contribution >= 0.6 is 0 Å². The Morgan fingerprint density at radius 1 is 1.00 bits per heavy atom. The summed E-state index contributed by atoms with van der Waals surface area (Å²) in [6, 6.07) is 5.46. The Labute approximate surface area is 213 Å². The number of carbonyl (C=O) groups is 3. The van der Waals surface area contributed by atoms with E-state index in [-0.39, 0.29) is 41.9 Å². The normalized spacial score (nSPS) is 27.3. The minimum Gasteiger partial charge on any atom is -0.490 e. The third-order valence-corrected chi connectivity index (χ3v) is 8.39. The second-order valence-electron chi connectivity index (χ2n) is 11.0. The van der Waals surface area contributed by atoms with E-state index in [0.29, 0.717) is 36.1 Å². The smallest absolute Gasteiger partial charge is 0.257 e. The molecular formula is C28H39N3O5. The number of hydrogen-bond donors (Lipinski definition) is 2. The molecule has 3 atom stereocenters. The van der Waals surface area contributed by atoms with Crippen LogP contribution in [0.25, 0.3) is 0 Å². The van der Waals surface area contributed by atoms with Gasteiger partial charge in [-0.05, 0) is 56.7 Å². The van der Waals surface area contributed by atoms with Crippen LogP contribution in [0.3, 0.4) is 0 Å². The van der Waals surface area contributed by atoms with Crippen LogP contribution in [0, 0.1) is 5.92 Å². The van der Waals surface area contributed by atoms with Crippen molar-refractivity contribution in [2.45, 2.75) is 101 Å². The molecule has 8 nitrogen and oxygen atoms in total. The van der Waals surface area contributed by atoms with E-state index in [1.54, 1.807) is 30.1 Å². The molecule has 1 saturated heterocycles. The standard InChI is InChI=1S/C28H39N3O5/c1-31-23-13-12-21(16-26(32)29-19-9-5-6-10-19)36-25(23)17-35-24-14-11-20(15-22(24)28(31)34)30-27(33)18-7-3-2-4-8-18/h11,14-15,18-19,21,23,25H,2-10,12-13,16-17H2,1H3,(H,29,32)(H,30,33)/t21-,23+,25-/m0/s1. The molecule has 0 aromatic heterocycles. The van der Waals surface area contributed by atoms with Gasteiger partial charge in [-0.3, -0.25) is 14.4 Å². The molecule has 2 saturated carbocycles. The number of carbonyl (C=O) groups excluding carboxylic acids is 3. The van der Waals surface area contributed by atoms with Gasteiger partial charge in [-0.15, -0.1) is 0 Å². The number of nitrogens with one attached hydrogen (secondary N) is 2. The molecule has 0 bridgehead atoms. The molecule has 196 valence electrons.